The minimum absolute atomic E-state index is 0.335. The highest BCUT2D eigenvalue weighted by molar-refractivity contribution is 6.30. The summed E-state index contributed by atoms with van der Waals surface area (Å²) in [6, 6.07) is 5.23. The van der Waals surface area contributed by atoms with E-state index < -0.39 is 0 Å². The zero-order valence-electron chi connectivity index (χ0n) is 10.5. The molecule has 2 aliphatic carbocycles. The molecular weight excluding hydrogens is 246 g/mol. The van der Waals surface area contributed by atoms with Crippen LogP contribution in [0.4, 0.5) is 0 Å². The zero-order chi connectivity index (χ0) is 12.5. The van der Waals surface area contributed by atoms with Crippen LogP contribution in [0.5, 0.6) is 5.75 Å². The average molecular weight is 266 g/mol. The van der Waals surface area contributed by atoms with Gasteiger partial charge in [0.1, 0.15) is 5.75 Å². The molecule has 0 heterocycles. The van der Waals surface area contributed by atoms with Gasteiger partial charge >= 0.3 is 0 Å². The fraction of sp³-hybridized carbons (Fsp3) is 0.600. The van der Waals surface area contributed by atoms with Gasteiger partial charge in [-0.2, -0.15) is 0 Å². The highest BCUT2D eigenvalue weighted by atomic mass is 35.5. The third-order valence-electron chi connectivity index (χ3n) is 4.19. The van der Waals surface area contributed by atoms with Gasteiger partial charge in [-0.25, -0.2) is 0 Å². The van der Waals surface area contributed by atoms with Gasteiger partial charge < -0.3 is 10.4 Å². The minimum atomic E-state index is 0.335. The van der Waals surface area contributed by atoms with E-state index in [0.29, 0.717) is 17.3 Å². The molecule has 2 fully saturated rings. The molecule has 0 radical (unpaired) electrons. The van der Waals surface area contributed by atoms with Gasteiger partial charge in [-0.1, -0.05) is 11.6 Å². The molecule has 0 spiro atoms. The van der Waals surface area contributed by atoms with E-state index >= 15 is 0 Å². The van der Waals surface area contributed by atoms with Gasteiger partial charge in [-0.15, -0.1) is 0 Å². The van der Waals surface area contributed by atoms with Crippen molar-refractivity contribution in [2.75, 3.05) is 6.54 Å². The standard InChI is InChI=1S/C15H20ClNO/c16-13-5-6-15(18)12(7-13)8-17-9-14(10-1-2-10)11-3-4-11/h5-7,10-11,14,17-18H,1-4,8-9H2. The smallest absolute Gasteiger partial charge is 0.120 e. The Labute approximate surface area is 113 Å². The molecular formula is C15H20ClNO. The minimum Gasteiger partial charge on any atom is -0.508 e. The molecule has 0 saturated heterocycles. The van der Waals surface area contributed by atoms with E-state index in [2.05, 4.69) is 5.32 Å². The maximum absolute atomic E-state index is 9.74. The number of phenolic OH excluding ortho intramolecular Hbond substituents is 1. The molecule has 0 aliphatic heterocycles. The van der Waals surface area contributed by atoms with Gasteiger partial charge in [0, 0.05) is 17.1 Å². The quantitative estimate of drug-likeness (QED) is 0.824. The van der Waals surface area contributed by atoms with Crippen molar-refractivity contribution in [2.45, 2.75) is 32.2 Å². The van der Waals surface area contributed by atoms with E-state index in [4.69, 9.17) is 11.6 Å². The summed E-state index contributed by atoms with van der Waals surface area (Å²) in [6.07, 6.45) is 5.69. The summed E-state index contributed by atoms with van der Waals surface area (Å²) in [5, 5.41) is 13.9. The van der Waals surface area contributed by atoms with Crippen molar-refractivity contribution >= 4 is 11.6 Å². The number of hydrogen-bond donors (Lipinski definition) is 2. The number of benzene rings is 1. The first-order valence-corrected chi connectivity index (χ1v) is 7.30. The third-order valence-corrected chi connectivity index (χ3v) is 4.43. The second-order valence-corrected chi connectivity index (χ2v) is 6.18. The molecule has 2 nitrogen and oxygen atoms in total. The molecule has 0 bridgehead atoms. The van der Waals surface area contributed by atoms with Gasteiger partial charge in [-0.3, -0.25) is 0 Å². The van der Waals surface area contributed by atoms with E-state index in [-0.39, 0.29) is 0 Å². The predicted molar refractivity (Wildman–Crippen MR) is 73.8 cm³/mol. The Morgan fingerprint density at radius 2 is 1.89 bits per heavy atom. The second kappa shape index (κ2) is 5.10. The number of hydrogen-bond acceptors (Lipinski definition) is 2. The number of halogens is 1. The maximum atomic E-state index is 9.74. The van der Waals surface area contributed by atoms with Gasteiger partial charge in [0.25, 0.3) is 0 Å². The van der Waals surface area contributed by atoms with Crippen molar-refractivity contribution < 1.29 is 5.11 Å². The average Bonchev–Trinajstić information content (AvgIpc) is 3.22. The number of rotatable bonds is 6. The van der Waals surface area contributed by atoms with Crippen LogP contribution in [-0.4, -0.2) is 11.7 Å². The van der Waals surface area contributed by atoms with Crippen molar-refractivity contribution in [3.8, 4) is 5.75 Å². The lowest BCUT2D eigenvalue weighted by molar-refractivity contribution is 0.376. The lowest BCUT2D eigenvalue weighted by Gasteiger charge is -2.16. The van der Waals surface area contributed by atoms with Crippen LogP contribution in [0.15, 0.2) is 18.2 Å². The Hall–Kier alpha value is -0.730. The highest BCUT2D eigenvalue weighted by Crippen LogP contribution is 2.48. The second-order valence-electron chi connectivity index (χ2n) is 5.74. The van der Waals surface area contributed by atoms with Crippen LogP contribution < -0.4 is 5.32 Å². The van der Waals surface area contributed by atoms with E-state index in [9.17, 15) is 5.11 Å². The number of aromatic hydroxyl groups is 1. The Balaban J connectivity index is 1.52. The van der Waals surface area contributed by atoms with Crippen LogP contribution in [-0.2, 0) is 6.54 Å². The fourth-order valence-corrected chi connectivity index (χ4v) is 3.03. The Bertz CT molecular complexity index is 415. The maximum Gasteiger partial charge on any atom is 0.120 e. The molecule has 2 N–H and O–H groups in total. The molecule has 98 valence electrons. The lowest BCUT2D eigenvalue weighted by Crippen LogP contribution is -2.25. The summed E-state index contributed by atoms with van der Waals surface area (Å²) in [4.78, 5) is 0. The predicted octanol–water partition coefficient (Wildman–Crippen LogP) is 3.57. The number of phenols is 1. The molecule has 0 unspecified atom stereocenters. The van der Waals surface area contributed by atoms with Crippen LogP contribution in [0.1, 0.15) is 31.2 Å². The number of nitrogens with one attached hydrogen (secondary N) is 1. The van der Waals surface area contributed by atoms with Gasteiger partial charge in [-0.05, 0) is 68.2 Å². The van der Waals surface area contributed by atoms with Crippen molar-refractivity contribution in [1.29, 1.82) is 0 Å². The molecule has 3 heteroatoms. The third kappa shape index (κ3) is 2.99. The van der Waals surface area contributed by atoms with Crippen molar-refractivity contribution in [1.82, 2.24) is 5.32 Å². The summed E-state index contributed by atoms with van der Waals surface area (Å²) in [5.41, 5.74) is 0.896. The zero-order valence-corrected chi connectivity index (χ0v) is 11.3. The molecule has 0 amide bonds. The van der Waals surface area contributed by atoms with Crippen LogP contribution in [0.25, 0.3) is 0 Å². The Morgan fingerprint density at radius 1 is 1.22 bits per heavy atom. The highest BCUT2D eigenvalue weighted by Gasteiger charge is 2.40. The van der Waals surface area contributed by atoms with E-state index in [1.165, 1.54) is 25.7 Å². The SMILES string of the molecule is Oc1ccc(Cl)cc1CNCC(C1CC1)C1CC1. The summed E-state index contributed by atoms with van der Waals surface area (Å²) in [7, 11) is 0. The fourth-order valence-electron chi connectivity index (χ4n) is 2.84. The first kappa shape index (κ1) is 12.3. The lowest BCUT2D eigenvalue weighted by atomic mass is 9.98. The largest absolute Gasteiger partial charge is 0.508 e. The normalized spacial score (nSPS) is 19.4. The van der Waals surface area contributed by atoms with Crippen LogP contribution in [0, 0.1) is 17.8 Å². The monoisotopic (exact) mass is 265 g/mol. The molecule has 18 heavy (non-hydrogen) atoms. The van der Waals surface area contributed by atoms with E-state index in [0.717, 1.165) is 29.9 Å². The summed E-state index contributed by atoms with van der Waals surface area (Å²) in [5.74, 6) is 3.14. The van der Waals surface area contributed by atoms with Gasteiger partial charge in [0.2, 0.25) is 0 Å². The molecule has 1 aromatic rings. The Morgan fingerprint density at radius 3 is 2.50 bits per heavy atom. The van der Waals surface area contributed by atoms with Gasteiger partial charge in [0.15, 0.2) is 0 Å². The molecule has 2 aliphatic rings. The van der Waals surface area contributed by atoms with Crippen molar-refractivity contribution in [3.05, 3.63) is 28.8 Å². The summed E-state index contributed by atoms with van der Waals surface area (Å²) >= 11 is 5.94. The topological polar surface area (TPSA) is 32.3 Å². The van der Waals surface area contributed by atoms with Crippen LogP contribution >= 0.6 is 11.6 Å². The van der Waals surface area contributed by atoms with Crippen molar-refractivity contribution in [2.24, 2.45) is 17.8 Å². The van der Waals surface area contributed by atoms with Crippen LogP contribution in [0.3, 0.4) is 0 Å². The van der Waals surface area contributed by atoms with Crippen molar-refractivity contribution in [3.63, 3.8) is 0 Å². The van der Waals surface area contributed by atoms with Crippen LogP contribution in [0.2, 0.25) is 5.02 Å². The molecule has 0 atom stereocenters. The first-order valence-electron chi connectivity index (χ1n) is 6.92. The molecule has 1 aromatic carbocycles. The summed E-state index contributed by atoms with van der Waals surface area (Å²) < 4.78 is 0. The van der Waals surface area contributed by atoms with Gasteiger partial charge in [0.05, 0.1) is 0 Å². The molecule has 3 rings (SSSR count). The summed E-state index contributed by atoms with van der Waals surface area (Å²) in [6.45, 7) is 1.80. The van der Waals surface area contributed by atoms with E-state index in [1.54, 1.807) is 12.1 Å². The van der Waals surface area contributed by atoms with E-state index in [1.807, 2.05) is 6.07 Å². The first-order chi connectivity index (χ1) is 8.74. The molecule has 2 saturated carbocycles. The Kier molecular flexibility index (Phi) is 3.49. The molecule has 0 aromatic heterocycles.